The molecule has 0 amide bonds. The summed E-state index contributed by atoms with van der Waals surface area (Å²) in [6.07, 6.45) is 1.88. The van der Waals surface area contributed by atoms with E-state index in [-0.39, 0.29) is 6.16 Å². The van der Waals surface area contributed by atoms with E-state index in [9.17, 15) is 9.46 Å². The molecule has 0 fully saturated rings. The van der Waals surface area contributed by atoms with Gasteiger partial charge in [-0.3, -0.25) is 4.57 Å². The summed E-state index contributed by atoms with van der Waals surface area (Å²) in [4.78, 5) is 9.90. The Bertz CT molecular complexity index is 562. The lowest BCUT2D eigenvalue weighted by Crippen LogP contribution is -1.84. The van der Waals surface area contributed by atoms with Gasteiger partial charge in [-0.05, 0) is 17.2 Å². The molecule has 0 spiro atoms. The fourth-order valence-electron chi connectivity index (χ4n) is 1.66. The van der Waals surface area contributed by atoms with Crippen LogP contribution in [0.25, 0.3) is 6.08 Å². The van der Waals surface area contributed by atoms with Crippen LogP contribution >= 0.6 is 7.37 Å². The predicted octanol–water partition coefficient (Wildman–Crippen LogP) is 4.13. The van der Waals surface area contributed by atoms with Gasteiger partial charge in [0, 0.05) is 5.82 Å². The third kappa shape index (κ3) is 3.99. The molecule has 1 N–H and O–H groups in total. The minimum absolute atomic E-state index is 0.178. The van der Waals surface area contributed by atoms with Gasteiger partial charge in [-0.2, -0.15) is 0 Å². The molecule has 2 aromatic carbocycles. The number of hydrogen-bond donors (Lipinski definition) is 1. The molecule has 92 valence electrons. The molecule has 0 aliphatic carbocycles. The van der Waals surface area contributed by atoms with Crippen LogP contribution in [0, 0.1) is 0 Å². The van der Waals surface area contributed by atoms with Gasteiger partial charge in [0.1, 0.15) is 0 Å². The summed E-state index contributed by atoms with van der Waals surface area (Å²) in [5, 5.41) is 0. The van der Waals surface area contributed by atoms with E-state index >= 15 is 0 Å². The van der Waals surface area contributed by atoms with E-state index in [0.29, 0.717) is 0 Å². The zero-order chi connectivity index (χ0) is 12.8. The van der Waals surface area contributed by atoms with Crippen LogP contribution in [0.3, 0.4) is 0 Å². The molecule has 0 aliphatic rings. The number of hydrogen-bond acceptors (Lipinski definition) is 1. The van der Waals surface area contributed by atoms with Gasteiger partial charge in [0.05, 0.1) is 6.16 Å². The molecule has 3 heteroatoms. The Morgan fingerprint density at radius 2 is 1.50 bits per heavy atom. The molecular weight excluding hydrogens is 243 g/mol. The first kappa shape index (κ1) is 12.8. The maximum absolute atomic E-state index is 12.0. The highest BCUT2D eigenvalue weighted by Crippen LogP contribution is 2.46. The third-order valence-electron chi connectivity index (χ3n) is 2.55. The minimum Gasteiger partial charge on any atom is -0.341 e. The van der Waals surface area contributed by atoms with Crippen LogP contribution in [-0.4, -0.2) is 4.89 Å². The van der Waals surface area contributed by atoms with E-state index in [0.717, 1.165) is 11.1 Å². The summed E-state index contributed by atoms with van der Waals surface area (Å²) >= 11 is 0. The van der Waals surface area contributed by atoms with Gasteiger partial charge in [0.15, 0.2) is 0 Å². The first-order chi connectivity index (χ1) is 8.66. The Labute approximate surface area is 107 Å². The lowest BCUT2D eigenvalue weighted by Gasteiger charge is -2.06. The summed E-state index contributed by atoms with van der Waals surface area (Å²) in [5.74, 6) is 1.41. The number of rotatable bonds is 4. The lowest BCUT2D eigenvalue weighted by molar-refractivity contribution is 0.488. The molecule has 0 bridgehead atoms. The highest BCUT2D eigenvalue weighted by Gasteiger charge is 2.14. The van der Waals surface area contributed by atoms with Crippen molar-refractivity contribution in [3.63, 3.8) is 0 Å². The standard InChI is InChI=1S/C15H15O2P/c16-18(17,13-15-9-5-2-6-10-15)12-11-14-7-3-1-4-8-14/h1-12H,13H2,(H,16,17). The van der Waals surface area contributed by atoms with Crippen molar-refractivity contribution in [1.82, 2.24) is 0 Å². The van der Waals surface area contributed by atoms with Crippen molar-refractivity contribution >= 4 is 13.4 Å². The van der Waals surface area contributed by atoms with Crippen LogP contribution < -0.4 is 0 Å². The van der Waals surface area contributed by atoms with E-state index in [1.165, 1.54) is 5.82 Å². The summed E-state index contributed by atoms with van der Waals surface area (Å²) < 4.78 is 12.0. The second kappa shape index (κ2) is 5.81. The molecule has 18 heavy (non-hydrogen) atoms. The minimum atomic E-state index is -3.26. The fraction of sp³-hybridized carbons (Fsp3) is 0.0667. The van der Waals surface area contributed by atoms with Crippen LogP contribution in [-0.2, 0) is 10.7 Å². The maximum atomic E-state index is 12.0. The van der Waals surface area contributed by atoms with E-state index in [4.69, 9.17) is 0 Å². The van der Waals surface area contributed by atoms with Gasteiger partial charge >= 0.3 is 0 Å². The summed E-state index contributed by atoms with van der Waals surface area (Å²) in [5.41, 5.74) is 1.81. The topological polar surface area (TPSA) is 37.3 Å². The molecule has 0 aliphatic heterocycles. The van der Waals surface area contributed by atoms with Crippen molar-refractivity contribution in [3.8, 4) is 0 Å². The first-order valence-corrected chi connectivity index (χ1v) is 7.67. The molecule has 0 radical (unpaired) electrons. The van der Waals surface area contributed by atoms with Crippen molar-refractivity contribution in [1.29, 1.82) is 0 Å². The molecule has 1 unspecified atom stereocenters. The van der Waals surface area contributed by atoms with Crippen molar-refractivity contribution in [3.05, 3.63) is 77.6 Å². The molecular formula is C15H15O2P. The Morgan fingerprint density at radius 3 is 2.11 bits per heavy atom. The summed E-state index contributed by atoms with van der Waals surface area (Å²) in [6.45, 7) is 0. The second-order valence-electron chi connectivity index (χ2n) is 4.13. The van der Waals surface area contributed by atoms with Gasteiger partial charge in [0.25, 0.3) is 0 Å². The monoisotopic (exact) mass is 258 g/mol. The highest BCUT2D eigenvalue weighted by atomic mass is 31.2. The average molecular weight is 258 g/mol. The van der Waals surface area contributed by atoms with Crippen LogP contribution in [0.2, 0.25) is 0 Å². The molecule has 1 atom stereocenters. The SMILES string of the molecule is O=P(O)(C=Cc1ccccc1)Cc1ccccc1. The largest absolute Gasteiger partial charge is 0.341 e. The Morgan fingerprint density at radius 1 is 0.944 bits per heavy atom. The fourth-order valence-corrected chi connectivity index (χ4v) is 2.91. The molecule has 0 saturated carbocycles. The average Bonchev–Trinajstić information content (AvgIpc) is 2.38. The smallest absolute Gasteiger partial charge is 0.226 e. The second-order valence-corrected chi connectivity index (χ2v) is 6.25. The summed E-state index contributed by atoms with van der Waals surface area (Å²) in [7, 11) is -3.26. The van der Waals surface area contributed by atoms with Gasteiger partial charge in [-0.1, -0.05) is 60.7 Å². The lowest BCUT2D eigenvalue weighted by atomic mass is 10.2. The molecule has 2 aromatic rings. The highest BCUT2D eigenvalue weighted by molar-refractivity contribution is 7.60. The van der Waals surface area contributed by atoms with Gasteiger partial charge in [-0.25, -0.2) is 0 Å². The summed E-state index contributed by atoms with van der Waals surface area (Å²) in [6, 6.07) is 18.9. The van der Waals surface area contributed by atoms with E-state index < -0.39 is 7.37 Å². The number of benzene rings is 2. The molecule has 2 rings (SSSR count). The molecule has 0 aromatic heterocycles. The van der Waals surface area contributed by atoms with Crippen LogP contribution in [0.5, 0.6) is 0 Å². The van der Waals surface area contributed by atoms with Crippen LogP contribution in [0.4, 0.5) is 0 Å². The van der Waals surface area contributed by atoms with Gasteiger partial charge in [0.2, 0.25) is 7.37 Å². The molecule has 2 nitrogen and oxygen atoms in total. The Hall–Kier alpha value is -1.63. The van der Waals surface area contributed by atoms with Gasteiger partial charge in [-0.15, -0.1) is 0 Å². The Balaban J connectivity index is 2.08. The Kier molecular flexibility index (Phi) is 4.14. The van der Waals surface area contributed by atoms with Crippen molar-refractivity contribution < 1.29 is 9.46 Å². The third-order valence-corrected chi connectivity index (χ3v) is 3.98. The molecule has 0 heterocycles. The van der Waals surface area contributed by atoms with Gasteiger partial charge < -0.3 is 4.89 Å². The zero-order valence-corrected chi connectivity index (χ0v) is 10.8. The van der Waals surface area contributed by atoms with Crippen LogP contribution in [0.1, 0.15) is 11.1 Å². The van der Waals surface area contributed by atoms with Crippen molar-refractivity contribution in [2.75, 3.05) is 0 Å². The quantitative estimate of drug-likeness (QED) is 0.837. The van der Waals surface area contributed by atoms with Crippen molar-refractivity contribution in [2.45, 2.75) is 6.16 Å². The van der Waals surface area contributed by atoms with E-state index in [2.05, 4.69) is 0 Å². The normalized spacial score (nSPS) is 14.5. The van der Waals surface area contributed by atoms with Crippen molar-refractivity contribution in [2.24, 2.45) is 0 Å². The van der Waals surface area contributed by atoms with E-state index in [1.54, 1.807) is 6.08 Å². The zero-order valence-electron chi connectivity index (χ0n) is 9.94. The van der Waals surface area contributed by atoms with E-state index in [1.807, 2.05) is 60.7 Å². The predicted molar refractivity (Wildman–Crippen MR) is 75.4 cm³/mol. The maximum Gasteiger partial charge on any atom is 0.226 e. The van der Waals surface area contributed by atoms with Crippen LogP contribution in [0.15, 0.2) is 66.5 Å². The first-order valence-electron chi connectivity index (χ1n) is 5.75. The molecule has 0 saturated heterocycles.